The largest absolute Gasteiger partial charge is 0.294 e. The number of benzene rings is 1. The Morgan fingerprint density at radius 1 is 1.33 bits per heavy atom. The number of ketones is 1. The molecule has 1 heterocycles. The van der Waals surface area contributed by atoms with Gasteiger partial charge in [-0.15, -0.1) is 11.3 Å². The van der Waals surface area contributed by atoms with Crippen molar-refractivity contribution in [3.63, 3.8) is 0 Å². The molecule has 0 saturated carbocycles. The Bertz CT molecular complexity index is 753. The number of Topliss-reactive ketones (excluding diaryl/α,β-unsaturated/α-hetero) is 1. The van der Waals surface area contributed by atoms with Crippen LogP contribution in [-0.2, 0) is 16.6 Å². The van der Waals surface area contributed by atoms with Crippen LogP contribution in [0.2, 0.25) is 0 Å². The van der Waals surface area contributed by atoms with E-state index in [1.807, 2.05) is 11.4 Å². The molecule has 2 rings (SSSR count). The molecule has 2 aromatic rings. The molecule has 0 bridgehead atoms. The number of halogens is 1. The minimum atomic E-state index is -3.62. The maximum absolute atomic E-state index is 12.2. The van der Waals surface area contributed by atoms with E-state index in [2.05, 4.69) is 20.7 Å². The predicted octanol–water partition coefficient (Wildman–Crippen LogP) is 3.58. The molecule has 21 heavy (non-hydrogen) atoms. The number of nitrogens with one attached hydrogen (secondary N) is 1. The minimum Gasteiger partial charge on any atom is -0.294 e. The second kappa shape index (κ2) is 6.83. The molecular weight excluding hydrogens is 374 g/mol. The Morgan fingerprint density at radius 3 is 2.71 bits per heavy atom. The van der Waals surface area contributed by atoms with Crippen LogP contribution < -0.4 is 4.72 Å². The van der Waals surface area contributed by atoms with Crippen molar-refractivity contribution in [2.24, 2.45) is 0 Å². The molecule has 112 valence electrons. The smallest absolute Gasteiger partial charge is 0.240 e. The second-order valence-electron chi connectivity index (χ2n) is 4.36. The molecule has 0 unspecified atom stereocenters. The molecule has 0 radical (unpaired) electrons. The summed E-state index contributed by atoms with van der Waals surface area (Å²) in [5.74, 6) is -0.0748. The first-order chi connectivity index (χ1) is 9.92. The summed E-state index contributed by atoms with van der Waals surface area (Å²) in [6.45, 7) is 1.97. The first kappa shape index (κ1) is 16.4. The van der Waals surface area contributed by atoms with Gasteiger partial charge < -0.3 is 0 Å². The van der Waals surface area contributed by atoms with Crippen molar-refractivity contribution in [1.82, 2.24) is 4.72 Å². The van der Waals surface area contributed by atoms with Crippen LogP contribution in [0.4, 0.5) is 0 Å². The molecule has 0 spiro atoms. The molecule has 1 aromatic carbocycles. The number of sulfonamides is 1. The SMILES string of the molecule is CCC(=O)c1cccc(S(=O)(=O)NCc2cc(Br)cs2)c1. The van der Waals surface area contributed by atoms with E-state index in [0.29, 0.717) is 12.0 Å². The third-order valence-corrected chi connectivity index (χ3v) is 5.94. The van der Waals surface area contributed by atoms with Gasteiger partial charge in [-0.25, -0.2) is 13.1 Å². The fourth-order valence-corrected chi connectivity index (χ4v) is 4.27. The van der Waals surface area contributed by atoms with E-state index >= 15 is 0 Å². The van der Waals surface area contributed by atoms with Crippen LogP contribution >= 0.6 is 27.3 Å². The highest BCUT2D eigenvalue weighted by Gasteiger charge is 2.16. The molecule has 0 aliphatic carbocycles. The number of thiophene rings is 1. The maximum atomic E-state index is 12.2. The van der Waals surface area contributed by atoms with Crippen LogP contribution in [-0.4, -0.2) is 14.2 Å². The lowest BCUT2D eigenvalue weighted by Gasteiger charge is -2.07. The molecule has 0 saturated heterocycles. The van der Waals surface area contributed by atoms with Crippen LogP contribution in [0.25, 0.3) is 0 Å². The third kappa shape index (κ3) is 4.23. The summed E-state index contributed by atoms with van der Waals surface area (Å²) in [6.07, 6.45) is 0.347. The number of rotatable bonds is 6. The molecule has 0 aliphatic rings. The second-order valence-corrected chi connectivity index (χ2v) is 8.04. The average molecular weight is 388 g/mol. The zero-order valence-electron chi connectivity index (χ0n) is 11.3. The van der Waals surface area contributed by atoms with Crippen LogP contribution in [0.5, 0.6) is 0 Å². The molecule has 0 fully saturated rings. The van der Waals surface area contributed by atoms with E-state index in [9.17, 15) is 13.2 Å². The van der Waals surface area contributed by atoms with Gasteiger partial charge in [0.05, 0.1) is 4.90 Å². The molecule has 0 atom stereocenters. The van der Waals surface area contributed by atoms with Gasteiger partial charge in [0.1, 0.15) is 0 Å². The van der Waals surface area contributed by atoms with Gasteiger partial charge in [-0.1, -0.05) is 19.1 Å². The van der Waals surface area contributed by atoms with Crippen LogP contribution in [0.3, 0.4) is 0 Å². The Balaban J connectivity index is 2.17. The molecule has 1 aromatic heterocycles. The zero-order valence-corrected chi connectivity index (χ0v) is 14.5. The standard InChI is InChI=1S/C14H14BrNO3S2/c1-2-14(17)10-4-3-5-13(6-10)21(18,19)16-8-12-7-11(15)9-20-12/h3-7,9,16H,2,8H2,1H3. The Kier molecular flexibility index (Phi) is 5.32. The summed E-state index contributed by atoms with van der Waals surface area (Å²) >= 11 is 4.80. The van der Waals surface area contributed by atoms with Gasteiger partial charge in [-0.05, 0) is 34.1 Å². The summed E-state index contributed by atoms with van der Waals surface area (Å²) < 4.78 is 28.0. The van der Waals surface area contributed by atoms with E-state index in [-0.39, 0.29) is 17.2 Å². The van der Waals surface area contributed by atoms with E-state index in [1.54, 1.807) is 19.1 Å². The summed E-state index contributed by atoms with van der Waals surface area (Å²) in [5, 5.41) is 1.89. The highest BCUT2D eigenvalue weighted by molar-refractivity contribution is 9.10. The van der Waals surface area contributed by atoms with Crippen molar-refractivity contribution in [3.05, 3.63) is 50.6 Å². The van der Waals surface area contributed by atoms with Crippen molar-refractivity contribution in [2.75, 3.05) is 0 Å². The zero-order chi connectivity index (χ0) is 15.5. The highest BCUT2D eigenvalue weighted by Crippen LogP contribution is 2.20. The van der Waals surface area contributed by atoms with E-state index < -0.39 is 10.0 Å². The Hall–Kier alpha value is -1.02. The number of carbonyl (C=O) groups excluding carboxylic acids is 1. The summed E-state index contributed by atoms with van der Waals surface area (Å²) in [7, 11) is -3.62. The van der Waals surface area contributed by atoms with E-state index in [0.717, 1.165) is 9.35 Å². The summed E-state index contributed by atoms with van der Waals surface area (Å²) in [4.78, 5) is 12.7. The van der Waals surface area contributed by atoms with Crippen molar-refractivity contribution < 1.29 is 13.2 Å². The number of carbonyl (C=O) groups is 1. The maximum Gasteiger partial charge on any atom is 0.240 e. The van der Waals surface area contributed by atoms with Gasteiger partial charge in [0.2, 0.25) is 10.0 Å². The topological polar surface area (TPSA) is 63.2 Å². The fourth-order valence-electron chi connectivity index (χ4n) is 1.74. The quantitative estimate of drug-likeness (QED) is 0.770. The molecule has 0 aliphatic heterocycles. The van der Waals surface area contributed by atoms with E-state index in [1.165, 1.54) is 23.5 Å². The monoisotopic (exact) mass is 387 g/mol. The van der Waals surface area contributed by atoms with Crippen molar-refractivity contribution >= 4 is 43.1 Å². The Morgan fingerprint density at radius 2 is 2.10 bits per heavy atom. The molecule has 0 amide bonds. The fraction of sp³-hybridized carbons (Fsp3) is 0.214. The van der Waals surface area contributed by atoms with Crippen molar-refractivity contribution in [1.29, 1.82) is 0 Å². The van der Waals surface area contributed by atoms with Gasteiger partial charge in [0.15, 0.2) is 5.78 Å². The van der Waals surface area contributed by atoms with E-state index in [4.69, 9.17) is 0 Å². The minimum absolute atomic E-state index is 0.0748. The normalized spacial score (nSPS) is 11.5. The average Bonchev–Trinajstić information content (AvgIpc) is 2.90. The van der Waals surface area contributed by atoms with Crippen LogP contribution in [0, 0.1) is 0 Å². The number of hydrogen-bond donors (Lipinski definition) is 1. The highest BCUT2D eigenvalue weighted by atomic mass is 79.9. The third-order valence-electron chi connectivity index (χ3n) is 2.85. The lowest BCUT2D eigenvalue weighted by Crippen LogP contribution is -2.23. The lowest BCUT2D eigenvalue weighted by atomic mass is 10.1. The predicted molar refractivity (Wildman–Crippen MR) is 87.1 cm³/mol. The van der Waals surface area contributed by atoms with Gasteiger partial charge in [0.25, 0.3) is 0 Å². The first-order valence-electron chi connectivity index (χ1n) is 6.28. The first-order valence-corrected chi connectivity index (χ1v) is 9.44. The van der Waals surface area contributed by atoms with Crippen LogP contribution in [0.1, 0.15) is 28.6 Å². The van der Waals surface area contributed by atoms with Gasteiger partial charge in [-0.2, -0.15) is 0 Å². The molecule has 4 nitrogen and oxygen atoms in total. The van der Waals surface area contributed by atoms with Gasteiger partial charge >= 0.3 is 0 Å². The van der Waals surface area contributed by atoms with Crippen LogP contribution in [0.15, 0.2) is 45.1 Å². The molecule has 1 N–H and O–H groups in total. The van der Waals surface area contributed by atoms with Crippen molar-refractivity contribution in [3.8, 4) is 0 Å². The molecule has 7 heteroatoms. The van der Waals surface area contributed by atoms with Gasteiger partial charge in [-0.3, -0.25) is 4.79 Å². The lowest BCUT2D eigenvalue weighted by molar-refractivity contribution is 0.0988. The van der Waals surface area contributed by atoms with Gasteiger partial charge in [0, 0.05) is 33.3 Å². The van der Waals surface area contributed by atoms with Crippen molar-refractivity contribution in [2.45, 2.75) is 24.8 Å². The number of hydrogen-bond acceptors (Lipinski definition) is 4. The summed E-state index contributed by atoms with van der Waals surface area (Å²) in [6, 6.07) is 7.97. The Labute approximate surface area is 136 Å². The summed E-state index contributed by atoms with van der Waals surface area (Å²) in [5.41, 5.74) is 0.416. The molecular formula is C14H14BrNO3S2.